The van der Waals surface area contributed by atoms with Crippen molar-refractivity contribution in [3.8, 4) is 0 Å². The molecule has 0 spiro atoms. The number of rotatable bonds is 8. The van der Waals surface area contributed by atoms with E-state index in [2.05, 4.69) is 62.3 Å². The van der Waals surface area contributed by atoms with Crippen LogP contribution in [0.3, 0.4) is 0 Å². The molecule has 35 heavy (non-hydrogen) atoms. The minimum absolute atomic E-state index is 0.0247. The van der Waals surface area contributed by atoms with E-state index in [1.807, 2.05) is 0 Å². The zero-order chi connectivity index (χ0) is 24.3. The summed E-state index contributed by atoms with van der Waals surface area (Å²) < 4.78 is 29.7. The second-order valence-electron chi connectivity index (χ2n) is 9.25. The van der Waals surface area contributed by atoms with Gasteiger partial charge in [0.2, 0.25) is 0 Å². The third-order valence-electron chi connectivity index (χ3n) is 6.85. The van der Waals surface area contributed by atoms with Gasteiger partial charge in [-0.15, -0.1) is 0 Å². The minimum atomic E-state index is -1.57. The predicted octanol–water partition coefficient (Wildman–Crippen LogP) is 3.46. The van der Waals surface area contributed by atoms with E-state index in [1.54, 1.807) is 0 Å². The number of fused-ring (bicyclic) bond motifs is 1. The molecule has 8 heteroatoms. The summed E-state index contributed by atoms with van der Waals surface area (Å²) in [5.41, 5.74) is -0.163. The van der Waals surface area contributed by atoms with Crippen molar-refractivity contribution in [2.45, 2.75) is 18.6 Å². The Labute approximate surface area is 203 Å². The highest BCUT2D eigenvalue weighted by Gasteiger charge is 2.36. The van der Waals surface area contributed by atoms with Crippen LogP contribution in [-0.4, -0.2) is 68.9 Å². The molecule has 1 atom stereocenters. The normalized spacial score (nSPS) is 17.0. The monoisotopic (exact) mass is 477 g/mol. The lowest BCUT2D eigenvalue weighted by Crippen LogP contribution is -2.52. The molecule has 182 valence electrons. The average Bonchev–Trinajstić information content (AvgIpc) is 3.36. The Morgan fingerprint density at radius 3 is 2.43 bits per heavy atom. The van der Waals surface area contributed by atoms with Crippen molar-refractivity contribution in [1.29, 1.82) is 0 Å². The third kappa shape index (κ3) is 5.40. The van der Waals surface area contributed by atoms with Crippen LogP contribution in [0.5, 0.6) is 0 Å². The van der Waals surface area contributed by atoms with E-state index < -0.39 is 17.2 Å². The van der Waals surface area contributed by atoms with Gasteiger partial charge in [0.1, 0.15) is 29.9 Å². The summed E-state index contributed by atoms with van der Waals surface area (Å²) in [7, 11) is 0. The van der Waals surface area contributed by atoms with Crippen molar-refractivity contribution >= 4 is 10.8 Å². The summed E-state index contributed by atoms with van der Waals surface area (Å²) in [6.07, 6.45) is 3.83. The Bertz CT molecular complexity index is 1270. The van der Waals surface area contributed by atoms with Gasteiger partial charge in [-0.25, -0.2) is 18.4 Å². The summed E-state index contributed by atoms with van der Waals surface area (Å²) in [4.78, 5) is 8.48. The molecule has 5 rings (SSSR count). The SMILES string of the molecule is OC(CN1CCN(CCc2cccc3ccccc23)CC1)(Cn1cncn1)c1ccc(F)cc1F. The van der Waals surface area contributed by atoms with E-state index in [0.29, 0.717) is 0 Å². The highest BCUT2D eigenvalue weighted by Crippen LogP contribution is 2.28. The standard InChI is InChI=1S/C27H29F2N5O/c28-23-8-9-25(26(29)16-23)27(35,18-34-20-30-19-31-34)17-33-14-12-32(13-15-33)11-10-22-6-3-5-21-4-1-2-7-24(21)22/h1-9,16,19-20,35H,10-15,17-18H2. The van der Waals surface area contributed by atoms with Crippen LogP contribution in [0, 0.1) is 11.6 Å². The van der Waals surface area contributed by atoms with Crippen LogP contribution >= 0.6 is 0 Å². The maximum absolute atomic E-state index is 14.7. The number of aromatic nitrogens is 3. The molecule has 0 amide bonds. The largest absolute Gasteiger partial charge is 0.382 e. The lowest BCUT2D eigenvalue weighted by Gasteiger charge is -2.39. The third-order valence-corrected chi connectivity index (χ3v) is 6.85. The van der Waals surface area contributed by atoms with Gasteiger partial charge < -0.3 is 10.0 Å². The molecule has 1 aliphatic rings. The quantitative estimate of drug-likeness (QED) is 0.421. The van der Waals surface area contributed by atoms with Crippen molar-refractivity contribution in [2.75, 3.05) is 39.3 Å². The summed E-state index contributed by atoms with van der Waals surface area (Å²) in [6.45, 7) is 4.41. The molecule has 3 aromatic carbocycles. The summed E-state index contributed by atoms with van der Waals surface area (Å²) in [5.74, 6) is -1.43. The van der Waals surface area contributed by atoms with E-state index in [-0.39, 0.29) is 18.7 Å². The molecule has 2 heterocycles. The van der Waals surface area contributed by atoms with Gasteiger partial charge in [0.05, 0.1) is 6.54 Å². The summed E-state index contributed by atoms with van der Waals surface area (Å²) in [5, 5.41) is 18.2. The van der Waals surface area contributed by atoms with Gasteiger partial charge in [-0.2, -0.15) is 5.10 Å². The second-order valence-corrected chi connectivity index (χ2v) is 9.25. The van der Waals surface area contributed by atoms with E-state index in [1.165, 1.54) is 45.8 Å². The Kier molecular flexibility index (Phi) is 6.86. The lowest BCUT2D eigenvalue weighted by atomic mass is 9.92. The molecule has 4 aromatic rings. The van der Waals surface area contributed by atoms with Crippen molar-refractivity contribution in [2.24, 2.45) is 0 Å². The van der Waals surface area contributed by atoms with E-state index in [0.717, 1.165) is 45.2 Å². The van der Waals surface area contributed by atoms with Crippen LogP contribution in [0.1, 0.15) is 11.1 Å². The van der Waals surface area contributed by atoms with E-state index in [9.17, 15) is 13.9 Å². The maximum Gasteiger partial charge on any atom is 0.137 e. The molecule has 1 unspecified atom stereocenters. The number of hydrogen-bond donors (Lipinski definition) is 1. The number of aliphatic hydroxyl groups is 1. The van der Waals surface area contributed by atoms with Gasteiger partial charge in [0.15, 0.2) is 0 Å². The first-order chi connectivity index (χ1) is 17.0. The van der Waals surface area contributed by atoms with Crippen LogP contribution in [-0.2, 0) is 18.6 Å². The van der Waals surface area contributed by atoms with Crippen molar-refractivity contribution in [3.05, 3.63) is 96.1 Å². The Morgan fingerprint density at radius 1 is 0.886 bits per heavy atom. The van der Waals surface area contributed by atoms with Crippen molar-refractivity contribution in [3.63, 3.8) is 0 Å². The Hall–Kier alpha value is -3.20. The van der Waals surface area contributed by atoms with Crippen LogP contribution < -0.4 is 0 Å². The molecule has 0 aliphatic carbocycles. The molecule has 0 bridgehead atoms. The van der Waals surface area contributed by atoms with E-state index in [4.69, 9.17) is 0 Å². The first kappa shape index (κ1) is 23.5. The van der Waals surface area contributed by atoms with Crippen LogP contribution in [0.15, 0.2) is 73.3 Å². The number of nitrogens with zero attached hydrogens (tertiary/aromatic N) is 5. The topological polar surface area (TPSA) is 57.4 Å². The van der Waals surface area contributed by atoms with Gasteiger partial charge >= 0.3 is 0 Å². The summed E-state index contributed by atoms with van der Waals surface area (Å²) >= 11 is 0. The smallest absolute Gasteiger partial charge is 0.137 e. The number of benzene rings is 3. The fourth-order valence-electron chi connectivity index (χ4n) is 5.00. The number of hydrogen-bond acceptors (Lipinski definition) is 5. The molecule has 0 radical (unpaired) electrons. The van der Waals surface area contributed by atoms with Gasteiger partial charge in [0.25, 0.3) is 0 Å². The van der Waals surface area contributed by atoms with Crippen molar-refractivity contribution in [1.82, 2.24) is 24.6 Å². The summed E-state index contributed by atoms with van der Waals surface area (Å²) in [6, 6.07) is 18.2. The maximum atomic E-state index is 14.7. The van der Waals surface area contributed by atoms with E-state index >= 15 is 0 Å². The van der Waals surface area contributed by atoms with Gasteiger partial charge in [0, 0.05) is 50.9 Å². The highest BCUT2D eigenvalue weighted by molar-refractivity contribution is 5.85. The molecule has 1 aromatic heterocycles. The second kappa shape index (κ2) is 10.2. The van der Waals surface area contributed by atoms with Gasteiger partial charge in [-0.3, -0.25) is 4.90 Å². The number of halogens is 2. The lowest BCUT2D eigenvalue weighted by molar-refractivity contribution is -0.0317. The molecular formula is C27H29F2N5O. The highest BCUT2D eigenvalue weighted by atomic mass is 19.1. The molecule has 1 N–H and O–H groups in total. The minimum Gasteiger partial charge on any atom is -0.382 e. The zero-order valence-corrected chi connectivity index (χ0v) is 19.5. The first-order valence-corrected chi connectivity index (χ1v) is 11.9. The molecule has 0 saturated carbocycles. The molecule has 1 fully saturated rings. The van der Waals surface area contributed by atoms with Crippen molar-refractivity contribution < 1.29 is 13.9 Å². The molecule has 6 nitrogen and oxygen atoms in total. The Morgan fingerprint density at radius 2 is 1.66 bits per heavy atom. The van der Waals surface area contributed by atoms with Crippen LogP contribution in [0.2, 0.25) is 0 Å². The molecule has 1 saturated heterocycles. The zero-order valence-electron chi connectivity index (χ0n) is 19.5. The van der Waals surface area contributed by atoms with Crippen LogP contribution in [0.4, 0.5) is 8.78 Å². The van der Waals surface area contributed by atoms with Gasteiger partial charge in [-0.05, 0) is 28.8 Å². The average molecular weight is 478 g/mol. The first-order valence-electron chi connectivity index (χ1n) is 11.9. The fourth-order valence-corrected chi connectivity index (χ4v) is 5.00. The predicted molar refractivity (Wildman–Crippen MR) is 131 cm³/mol. The number of β-amino-alcohol motifs (C(OH)–C–C–N with tert-alkyl or cyclic N) is 1. The molecular weight excluding hydrogens is 448 g/mol. The number of piperazine rings is 1. The molecule has 1 aliphatic heterocycles. The van der Waals surface area contributed by atoms with Crippen LogP contribution in [0.25, 0.3) is 10.8 Å². The fraction of sp³-hybridized carbons (Fsp3) is 0.333. The Balaban J connectivity index is 1.23. The van der Waals surface area contributed by atoms with Gasteiger partial charge in [-0.1, -0.05) is 48.5 Å².